The molecule has 0 amide bonds. The maximum absolute atomic E-state index is 10.1. The summed E-state index contributed by atoms with van der Waals surface area (Å²) in [5.41, 5.74) is 1.69. The molecule has 4 saturated carbocycles. The van der Waals surface area contributed by atoms with Crippen LogP contribution in [0, 0.1) is 23.7 Å². The summed E-state index contributed by atoms with van der Waals surface area (Å²) >= 11 is 25.4. The smallest absolute Gasteiger partial charge is 0.152 e. The van der Waals surface area contributed by atoms with E-state index in [0.29, 0.717) is 11.8 Å². The lowest BCUT2D eigenvalue weighted by molar-refractivity contribution is -0.0418. The number of halogens is 4. The summed E-state index contributed by atoms with van der Waals surface area (Å²) in [7, 11) is 0. The minimum atomic E-state index is -0.324. The van der Waals surface area contributed by atoms with Crippen molar-refractivity contribution in [3.8, 4) is 11.5 Å². The maximum atomic E-state index is 10.1. The summed E-state index contributed by atoms with van der Waals surface area (Å²) in [6.07, 6.45) is 5.94. The Morgan fingerprint density at radius 2 is 0.929 bits per heavy atom. The Balaban J connectivity index is 1.79. The summed E-state index contributed by atoms with van der Waals surface area (Å²) in [5, 5.41) is 21.3. The number of hydrogen-bond acceptors (Lipinski definition) is 2. The van der Waals surface area contributed by atoms with Gasteiger partial charge in [-0.05, 0) is 91.2 Å². The molecule has 0 heterocycles. The highest BCUT2D eigenvalue weighted by atomic mass is 35.5. The molecule has 4 aliphatic rings. The lowest BCUT2D eigenvalue weighted by Crippen LogP contribution is -2.56. The Morgan fingerprint density at radius 3 is 1.25 bits per heavy atom. The maximum Gasteiger partial charge on any atom is 0.152 e. The van der Waals surface area contributed by atoms with Gasteiger partial charge in [0.2, 0.25) is 0 Å². The highest BCUT2D eigenvalue weighted by Crippen LogP contribution is 2.66. The van der Waals surface area contributed by atoms with Crippen molar-refractivity contribution in [2.75, 3.05) is 0 Å². The molecule has 0 aromatic heterocycles. The lowest BCUT2D eigenvalue weighted by Gasteiger charge is -2.62. The van der Waals surface area contributed by atoms with Crippen LogP contribution in [0.25, 0.3) is 0 Å². The Kier molecular flexibility index (Phi) is 4.52. The molecular weight excluding hydrogens is 438 g/mol. The standard InChI is InChI=1S/C22H20Cl4O2/c23-16-6-14(7-17(24)20(16)27)22(15-8-18(25)21(28)19(26)9-15)12-2-10-1-11(4-12)5-13(22)3-10/h6-13,27-28H,1-5H2. The monoisotopic (exact) mass is 456 g/mol. The Bertz CT molecular complexity index is 837. The second-order valence-corrected chi connectivity index (χ2v) is 10.4. The zero-order valence-electron chi connectivity index (χ0n) is 15.1. The van der Waals surface area contributed by atoms with Crippen molar-refractivity contribution in [1.82, 2.24) is 0 Å². The van der Waals surface area contributed by atoms with Crippen molar-refractivity contribution >= 4 is 46.4 Å². The summed E-state index contributed by atoms with van der Waals surface area (Å²) in [6, 6.07) is 7.39. The average molecular weight is 458 g/mol. The molecular formula is C22H20Cl4O2. The summed E-state index contributed by atoms with van der Waals surface area (Å²) in [4.78, 5) is 0. The van der Waals surface area contributed by atoms with Gasteiger partial charge in [0.05, 0.1) is 20.1 Å². The summed E-state index contributed by atoms with van der Waals surface area (Å²) in [6.45, 7) is 0. The van der Waals surface area contributed by atoms with Gasteiger partial charge in [-0.1, -0.05) is 46.4 Å². The average Bonchev–Trinajstić information content (AvgIpc) is 2.63. The number of rotatable bonds is 2. The number of aromatic hydroxyl groups is 2. The van der Waals surface area contributed by atoms with Crippen LogP contribution in [-0.4, -0.2) is 10.2 Å². The molecule has 0 saturated heterocycles. The van der Waals surface area contributed by atoms with Crippen molar-refractivity contribution in [3.05, 3.63) is 55.5 Å². The topological polar surface area (TPSA) is 40.5 Å². The van der Waals surface area contributed by atoms with E-state index in [2.05, 4.69) is 0 Å². The molecule has 0 atom stereocenters. The third-order valence-electron chi connectivity index (χ3n) is 7.42. The van der Waals surface area contributed by atoms with Crippen molar-refractivity contribution in [3.63, 3.8) is 0 Å². The molecule has 2 aromatic carbocycles. The molecule has 148 valence electrons. The van der Waals surface area contributed by atoms with Crippen LogP contribution in [0.2, 0.25) is 20.1 Å². The Labute approximate surface area is 184 Å². The van der Waals surface area contributed by atoms with E-state index >= 15 is 0 Å². The zero-order chi connectivity index (χ0) is 19.8. The van der Waals surface area contributed by atoms with Crippen LogP contribution in [-0.2, 0) is 5.41 Å². The third kappa shape index (κ3) is 2.61. The van der Waals surface area contributed by atoms with Gasteiger partial charge >= 0.3 is 0 Å². The molecule has 4 bridgehead atoms. The predicted molar refractivity (Wildman–Crippen MR) is 114 cm³/mol. The molecule has 28 heavy (non-hydrogen) atoms. The van der Waals surface area contributed by atoms with Crippen molar-refractivity contribution < 1.29 is 10.2 Å². The second kappa shape index (κ2) is 6.60. The zero-order valence-corrected chi connectivity index (χ0v) is 18.1. The van der Waals surface area contributed by atoms with Gasteiger partial charge in [0.15, 0.2) is 11.5 Å². The van der Waals surface area contributed by atoms with Crippen LogP contribution in [0.1, 0.15) is 43.2 Å². The van der Waals surface area contributed by atoms with Crippen LogP contribution in [0.3, 0.4) is 0 Å². The normalized spacial score (nSPS) is 30.0. The summed E-state index contributed by atoms with van der Waals surface area (Å²) in [5.74, 6) is 2.21. The van der Waals surface area contributed by atoms with E-state index < -0.39 is 0 Å². The first kappa shape index (κ1) is 19.2. The Morgan fingerprint density at radius 1 is 0.607 bits per heavy atom. The number of phenolic OH excluding ortho intramolecular Hbond substituents is 2. The molecule has 0 unspecified atom stereocenters. The molecule has 4 fully saturated rings. The van der Waals surface area contributed by atoms with E-state index in [1.54, 1.807) is 0 Å². The van der Waals surface area contributed by atoms with Crippen molar-refractivity contribution in [1.29, 1.82) is 0 Å². The van der Waals surface area contributed by atoms with E-state index in [4.69, 9.17) is 46.4 Å². The van der Waals surface area contributed by atoms with Crippen LogP contribution >= 0.6 is 46.4 Å². The molecule has 6 heteroatoms. The van der Waals surface area contributed by atoms with Crippen LogP contribution in [0.4, 0.5) is 0 Å². The van der Waals surface area contributed by atoms with Gasteiger partial charge in [-0.15, -0.1) is 0 Å². The molecule has 2 N–H and O–H groups in total. The van der Waals surface area contributed by atoms with Gasteiger partial charge in [-0.2, -0.15) is 0 Å². The minimum Gasteiger partial charge on any atom is -0.505 e. The van der Waals surface area contributed by atoms with E-state index in [-0.39, 0.29) is 37.0 Å². The molecule has 6 rings (SSSR count). The Hall–Kier alpha value is -0.800. The molecule has 0 spiro atoms. The SMILES string of the molecule is Oc1c(Cl)cc(C2(c3cc(Cl)c(O)c(Cl)c3)C3CC4CC(C3)CC2C4)cc1Cl. The number of benzene rings is 2. The largest absolute Gasteiger partial charge is 0.505 e. The van der Waals surface area contributed by atoms with Gasteiger partial charge in [-0.3, -0.25) is 0 Å². The van der Waals surface area contributed by atoms with Gasteiger partial charge in [0.1, 0.15) is 0 Å². The molecule has 2 nitrogen and oxygen atoms in total. The molecule has 0 radical (unpaired) electrons. The van der Waals surface area contributed by atoms with Crippen LogP contribution < -0.4 is 0 Å². The predicted octanol–water partition coefficient (Wildman–Crippen LogP) is 7.45. The van der Waals surface area contributed by atoms with E-state index in [9.17, 15) is 10.2 Å². The summed E-state index contributed by atoms with van der Waals surface area (Å²) < 4.78 is 0. The van der Waals surface area contributed by atoms with Gasteiger partial charge in [0.25, 0.3) is 0 Å². The minimum absolute atomic E-state index is 0.0900. The molecule has 0 aliphatic heterocycles. The van der Waals surface area contributed by atoms with E-state index in [1.165, 1.54) is 6.42 Å². The van der Waals surface area contributed by atoms with E-state index in [0.717, 1.165) is 48.6 Å². The highest BCUT2D eigenvalue weighted by molar-refractivity contribution is 6.37. The van der Waals surface area contributed by atoms with Crippen molar-refractivity contribution in [2.45, 2.75) is 37.5 Å². The van der Waals surface area contributed by atoms with Crippen molar-refractivity contribution in [2.24, 2.45) is 23.7 Å². The quantitative estimate of drug-likeness (QED) is 0.491. The van der Waals surface area contributed by atoms with Gasteiger partial charge in [-0.25, -0.2) is 0 Å². The fraction of sp³-hybridized carbons (Fsp3) is 0.455. The number of hydrogen-bond donors (Lipinski definition) is 2. The van der Waals surface area contributed by atoms with Gasteiger partial charge in [0, 0.05) is 5.41 Å². The van der Waals surface area contributed by atoms with Crippen LogP contribution in [0.15, 0.2) is 24.3 Å². The van der Waals surface area contributed by atoms with Gasteiger partial charge < -0.3 is 10.2 Å². The fourth-order valence-corrected chi connectivity index (χ4v) is 7.62. The molecule has 4 aliphatic carbocycles. The fourth-order valence-electron chi connectivity index (χ4n) is 6.65. The first-order valence-corrected chi connectivity index (χ1v) is 11.2. The van der Waals surface area contributed by atoms with E-state index in [1.807, 2.05) is 24.3 Å². The molecule has 2 aromatic rings. The highest BCUT2D eigenvalue weighted by Gasteiger charge is 2.58. The second-order valence-electron chi connectivity index (χ2n) is 8.75. The number of phenols is 2. The third-order valence-corrected chi connectivity index (χ3v) is 8.57. The first-order chi connectivity index (χ1) is 13.3. The lowest BCUT2D eigenvalue weighted by atomic mass is 9.42. The first-order valence-electron chi connectivity index (χ1n) is 9.67. The van der Waals surface area contributed by atoms with Crippen LogP contribution in [0.5, 0.6) is 11.5 Å².